The molecule has 0 radical (unpaired) electrons. The quantitative estimate of drug-likeness (QED) is 0.561. The van der Waals surface area contributed by atoms with Crippen molar-refractivity contribution in [2.45, 2.75) is 25.2 Å². The van der Waals surface area contributed by atoms with Crippen molar-refractivity contribution in [1.82, 2.24) is 4.98 Å². The van der Waals surface area contributed by atoms with E-state index in [1.807, 2.05) is 25.0 Å². The molecular weight excluding hydrogens is 374 g/mol. The molecule has 2 heterocycles. The van der Waals surface area contributed by atoms with Crippen molar-refractivity contribution in [2.24, 2.45) is 7.05 Å². The number of aryl methyl sites for hydroxylation is 3. The molecule has 0 amide bonds. The monoisotopic (exact) mass is 400 g/mol. The van der Waals surface area contributed by atoms with E-state index >= 15 is 0 Å². The molecule has 4 rings (SSSR count). The number of anilines is 1. The lowest BCUT2D eigenvalue weighted by molar-refractivity contribution is -0.676. The molecular formula is C25H26N3S+. The molecule has 0 saturated heterocycles. The fourth-order valence-corrected chi connectivity index (χ4v) is 4.59. The molecule has 0 saturated carbocycles. The number of allylic oxidation sites excluding steroid dienone is 2. The van der Waals surface area contributed by atoms with Gasteiger partial charge in [0.2, 0.25) is 0 Å². The Morgan fingerprint density at radius 2 is 1.79 bits per heavy atom. The number of hydrogen-bond donors (Lipinski definition) is 0. The highest BCUT2D eigenvalue weighted by atomic mass is 32.2. The van der Waals surface area contributed by atoms with Crippen LogP contribution in [0, 0.1) is 13.8 Å². The van der Waals surface area contributed by atoms with E-state index in [2.05, 4.69) is 102 Å². The molecule has 2 aromatic carbocycles. The second-order valence-corrected chi connectivity index (χ2v) is 8.65. The van der Waals surface area contributed by atoms with E-state index in [-0.39, 0.29) is 0 Å². The third-order valence-electron chi connectivity index (χ3n) is 5.12. The van der Waals surface area contributed by atoms with E-state index in [9.17, 15) is 0 Å². The van der Waals surface area contributed by atoms with Gasteiger partial charge in [0.05, 0.1) is 24.0 Å². The molecule has 0 spiro atoms. The standard InChI is InChI=1S/C25H26N3S/c1-18-8-11-20(12-9-18)15-21-16-26-24(27(3)17-21)6-5-7-25-28(4)22-13-10-19(2)14-23(22)29-25/h5-14,16-17H,15H2,1-4H3/q+1. The first-order chi connectivity index (χ1) is 14.0. The SMILES string of the molecule is Cc1ccc(Cc2cnc(C=CC=C3Sc4cc(C)ccc4N3C)[n+](C)c2)cc1. The molecule has 0 aliphatic carbocycles. The van der Waals surface area contributed by atoms with Crippen LogP contribution in [-0.4, -0.2) is 12.0 Å². The third kappa shape index (κ3) is 4.43. The summed E-state index contributed by atoms with van der Waals surface area (Å²) in [6, 6.07) is 15.3. The Morgan fingerprint density at radius 3 is 2.55 bits per heavy atom. The Labute approximate surface area is 177 Å². The lowest BCUT2D eigenvalue weighted by atomic mass is 10.1. The molecule has 0 unspecified atom stereocenters. The zero-order valence-electron chi connectivity index (χ0n) is 17.4. The minimum absolute atomic E-state index is 0.897. The fraction of sp³-hybridized carbons (Fsp3) is 0.200. The highest BCUT2D eigenvalue weighted by molar-refractivity contribution is 8.03. The van der Waals surface area contributed by atoms with Gasteiger partial charge in [-0.1, -0.05) is 53.7 Å². The predicted octanol–water partition coefficient (Wildman–Crippen LogP) is 5.21. The summed E-state index contributed by atoms with van der Waals surface area (Å²) >= 11 is 1.81. The minimum Gasteiger partial charge on any atom is -0.338 e. The van der Waals surface area contributed by atoms with Crippen molar-refractivity contribution >= 4 is 23.5 Å². The first-order valence-corrected chi connectivity index (χ1v) is 10.6. The van der Waals surface area contributed by atoms with Gasteiger partial charge in [-0.25, -0.2) is 4.57 Å². The molecule has 0 atom stereocenters. The lowest BCUT2D eigenvalue weighted by Gasteiger charge is -2.12. The van der Waals surface area contributed by atoms with Gasteiger partial charge in [-0.15, -0.1) is 0 Å². The Kier molecular flexibility index (Phi) is 5.54. The van der Waals surface area contributed by atoms with Crippen LogP contribution in [0.15, 0.2) is 76.9 Å². The normalized spacial score (nSPS) is 14.8. The minimum atomic E-state index is 0.897. The van der Waals surface area contributed by atoms with Crippen LogP contribution in [-0.2, 0) is 13.5 Å². The van der Waals surface area contributed by atoms with Gasteiger partial charge in [-0.3, -0.25) is 0 Å². The van der Waals surface area contributed by atoms with Gasteiger partial charge >= 0.3 is 5.82 Å². The molecule has 4 heteroatoms. The van der Waals surface area contributed by atoms with Crippen molar-refractivity contribution in [3.8, 4) is 0 Å². The van der Waals surface area contributed by atoms with E-state index < -0.39 is 0 Å². The van der Waals surface area contributed by atoms with Crippen molar-refractivity contribution < 1.29 is 4.57 Å². The summed E-state index contributed by atoms with van der Waals surface area (Å²) in [4.78, 5) is 8.21. The largest absolute Gasteiger partial charge is 0.338 e. The Hall–Kier alpha value is -2.85. The maximum atomic E-state index is 4.65. The average molecular weight is 401 g/mol. The highest BCUT2D eigenvalue weighted by Crippen LogP contribution is 2.45. The number of thioether (sulfide) groups is 1. The smallest absolute Gasteiger partial charge is 0.322 e. The van der Waals surface area contributed by atoms with Crippen molar-refractivity contribution in [2.75, 3.05) is 11.9 Å². The molecule has 146 valence electrons. The first kappa shape index (κ1) is 19.5. The summed E-state index contributed by atoms with van der Waals surface area (Å²) in [7, 11) is 4.17. The molecule has 1 aliphatic heterocycles. The molecule has 3 nitrogen and oxygen atoms in total. The van der Waals surface area contributed by atoms with Gasteiger partial charge in [0, 0.05) is 30.0 Å². The molecule has 0 fully saturated rings. The summed E-state index contributed by atoms with van der Waals surface area (Å²) in [6.45, 7) is 4.25. The van der Waals surface area contributed by atoms with Crippen LogP contribution in [0.4, 0.5) is 5.69 Å². The Morgan fingerprint density at radius 1 is 1.03 bits per heavy atom. The first-order valence-electron chi connectivity index (χ1n) is 9.80. The predicted molar refractivity (Wildman–Crippen MR) is 122 cm³/mol. The maximum absolute atomic E-state index is 4.65. The van der Waals surface area contributed by atoms with Crippen LogP contribution in [0.3, 0.4) is 0 Å². The summed E-state index contributed by atoms with van der Waals surface area (Å²) in [6.07, 6.45) is 11.3. The number of hydrogen-bond acceptors (Lipinski definition) is 3. The molecule has 0 N–H and O–H groups in total. The van der Waals surface area contributed by atoms with Gasteiger partial charge in [-0.05, 0) is 48.2 Å². The van der Waals surface area contributed by atoms with Crippen LogP contribution in [0.5, 0.6) is 0 Å². The topological polar surface area (TPSA) is 20.0 Å². The molecule has 29 heavy (non-hydrogen) atoms. The number of aromatic nitrogens is 2. The maximum Gasteiger partial charge on any atom is 0.322 e. The van der Waals surface area contributed by atoms with E-state index in [0.29, 0.717) is 0 Å². The lowest BCUT2D eigenvalue weighted by Crippen LogP contribution is -2.33. The van der Waals surface area contributed by atoms with Gasteiger partial charge in [0.15, 0.2) is 0 Å². The van der Waals surface area contributed by atoms with Gasteiger partial charge < -0.3 is 4.90 Å². The van der Waals surface area contributed by atoms with E-state index in [0.717, 1.165) is 12.2 Å². The zero-order chi connectivity index (χ0) is 20.4. The van der Waals surface area contributed by atoms with Crippen LogP contribution >= 0.6 is 11.8 Å². The van der Waals surface area contributed by atoms with Gasteiger partial charge in [0.25, 0.3) is 0 Å². The molecule has 1 aromatic heterocycles. The van der Waals surface area contributed by atoms with Crippen LogP contribution in [0.2, 0.25) is 0 Å². The summed E-state index contributed by atoms with van der Waals surface area (Å²) in [5.74, 6) is 0.938. The number of nitrogens with zero attached hydrogens (tertiary/aromatic N) is 3. The summed E-state index contributed by atoms with van der Waals surface area (Å²) < 4.78 is 2.09. The van der Waals surface area contributed by atoms with E-state index in [1.165, 1.54) is 37.9 Å². The van der Waals surface area contributed by atoms with Crippen molar-refractivity contribution in [1.29, 1.82) is 0 Å². The fourth-order valence-electron chi connectivity index (χ4n) is 3.42. The highest BCUT2D eigenvalue weighted by Gasteiger charge is 2.21. The molecule has 3 aromatic rings. The van der Waals surface area contributed by atoms with Crippen LogP contribution in [0.1, 0.15) is 28.1 Å². The average Bonchev–Trinajstić information content (AvgIpc) is 3.00. The zero-order valence-corrected chi connectivity index (χ0v) is 18.2. The molecule has 1 aliphatic rings. The number of benzene rings is 2. The third-order valence-corrected chi connectivity index (χ3v) is 6.28. The van der Waals surface area contributed by atoms with Crippen molar-refractivity contribution in [3.63, 3.8) is 0 Å². The second kappa shape index (κ2) is 8.26. The van der Waals surface area contributed by atoms with Crippen LogP contribution < -0.4 is 9.47 Å². The Balaban J connectivity index is 1.46. The summed E-state index contributed by atoms with van der Waals surface area (Å²) in [5.41, 5.74) is 6.37. The van der Waals surface area contributed by atoms with Crippen LogP contribution in [0.25, 0.3) is 6.08 Å². The number of fused-ring (bicyclic) bond motifs is 1. The van der Waals surface area contributed by atoms with Gasteiger partial charge in [0.1, 0.15) is 6.20 Å². The van der Waals surface area contributed by atoms with Gasteiger partial charge in [-0.2, -0.15) is 0 Å². The summed E-state index contributed by atoms with van der Waals surface area (Å²) in [5, 5.41) is 1.22. The van der Waals surface area contributed by atoms with E-state index in [4.69, 9.17) is 0 Å². The van der Waals surface area contributed by atoms with Crippen molar-refractivity contribution in [3.05, 3.63) is 100 Å². The van der Waals surface area contributed by atoms with E-state index in [1.54, 1.807) is 0 Å². The Bertz CT molecular complexity index is 1100. The number of rotatable bonds is 4. The molecule has 0 bridgehead atoms. The second-order valence-electron chi connectivity index (χ2n) is 7.59.